The van der Waals surface area contributed by atoms with Crippen LogP contribution in [0, 0.1) is 5.82 Å². The van der Waals surface area contributed by atoms with Crippen LogP contribution in [0.2, 0.25) is 0 Å². The van der Waals surface area contributed by atoms with Crippen LogP contribution in [0.25, 0.3) is 11.5 Å². The Bertz CT molecular complexity index is 984. The predicted octanol–water partition coefficient (Wildman–Crippen LogP) is 4.96. The van der Waals surface area contributed by atoms with Gasteiger partial charge in [0.25, 0.3) is 0 Å². The Balaban J connectivity index is 0.00000341. The molecule has 166 valence electrons. The van der Waals surface area contributed by atoms with Gasteiger partial charge in [0.2, 0.25) is 5.89 Å². The number of alkyl halides is 2. The summed E-state index contributed by atoms with van der Waals surface area (Å²) in [7, 11) is 0. The molecule has 1 heterocycles. The Morgan fingerprint density at radius 1 is 1.13 bits per heavy atom. The molecule has 0 saturated carbocycles. The Labute approximate surface area is 194 Å². The molecule has 0 unspecified atom stereocenters. The molecular formula is C21H22F3IN4O2. The third-order valence-corrected chi connectivity index (χ3v) is 4.04. The van der Waals surface area contributed by atoms with E-state index in [1.807, 2.05) is 37.3 Å². The second-order valence-corrected chi connectivity index (χ2v) is 6.15. The SMILES string of the molecule is CCNC(=NCc1c(F)cccc1OC(F)F)NCc1coc(-c2ccccc2)n1.I. The summed E-state index contributed by atoms with van der Waals surface area (Å²) < 4.78 is 49.1. The van der Waals surface area contributed by atoms with Crippen molar-refractivity contribution in [1.82, 2.24) is 15.6 Å². The quantitative estimate of drug-likeness (QED) is 0.238. The van der Waals surface area contributed by atoms with Gasteiger partial charge in [-0.25, -0.2) is 14.4 Å². The molecule has 0 radical (unpaired) electrons. The molecule has 0 aliphatic rings. The van der Waals surface area contributed by atoms with Crippen LogP contribution in [0.15, 0.2) is 64.2 Å². The highest BCUT2D eigenvalue weighted by atomic mass is 127. The zero-order chi connectivity index (χ0) is 21.3. The molecule has 31 heavy (non-hydrogen) atoms. The first kappa shape index (κ1) is 24.5. The van der Waals surface area contributed by atoms with Gasteiger partial charge < -0.3 is 19.8 Å². The predicted molar refractivity (Wildman–Crippen MR) is 122 cm³/mol. The van der Waals surface area contributed by atoms with Crippen molar-refractivity contribution in [3.8, 4) is 17.2 Å². The van der Waals surface area contributed by atoms with Gasteiger partial charge in [-0.15, -0.1) is 24.0 Å². The summed E-state index contributed by atoms with van der Waals surface area (Å²) in [5.74, 6) is -0.0483. The van der Waals surface area contributed by atoms with Gasteiger partial charge in [0.1, 0.15) is 17.8 Å². The second kappa shape index (κ2) is 12.2. The Morgan fingerprint density at radius 2 is 1.90 bits per heavy atom. The summed E-state index contributed by atoms with van der Waals surface area (Å²) >= 11 is 0. The lowest BCUT2D eigenvalue weighted by atomic mass is 10.2. The van der Waals surface area contributed by atoms with E-state index in [1.54, 1.807) is 0 Å². The fourth-order valence-electron chi connectivity index (χ4n) is 2.67. The average Bonchev–Trinajstić information content (AvgIpc) is 3.21. The lowest BCUT2D eigenvalue weighted by Crippen LogP contribution is -2.36. The summed E-state index contributed by atoms with van der Waals surface area (Å²) in [6, 6.07) is 13.2. The number of hydrogen-bond donors (Lipinski definition) is 2. The van der Waals surface area contributed by atoms with Crippen molar-refractivity contribution in [3.63, 3.8) is 0 Å². The first-order valence-corrected chi connectivity index (χ1v) is 9.31. The van der Waals surface area contributed by atoms with Crippen molar-refractivity contribution in [1.29, 1.82) is 0 Å². The van der Waals surface area contributed by atoms with Crippen molar-refractivity contribution >= 4 is 29.9 Å². The molecule has 2 N–H and O–H groups in total. The van der Waals surface area contributed by atoms with E-state index >= 15 is 0 Å². The summed E-state index contributed by atoms with van der Waals surface area (Å²) in [6.07, 6.45) is 1.53. The van der Waals surface area contributed by atoms with Crippen LogP contribution in [-0.4, -0.2) is 24.1 Å². The van der Waals surface area contributed by atoms with E-state index in [2.05, 4.69) is 25.3 Å². The fraction of sp³-hybridized carbons (Fsp3) is 0.238. The number of guanidine groups is 1. The van der Waals surface area contributed by atoms with Crippen LogP contribution in [-0.2, 0) is 13.1 Å². The summed E-state index contributed by atoms with van der Waals surface area (Å²) in [5, 5.41) is 6.07. The molecule has 0 atom stereocenters. The normalized spacial score (nSPS) is 11.2. The van der Waals surface area contributed by atoms with Crippen LogP contribution < -0.4 is 15.4 Å². The number of benzene rings is 2. The molecule has 0 amide bonds. The van der Waals surface area contributed by atoms with Crippen molar-refractivity contribution in [2.45, 2.75) is 26.6 Å². The third kappa shape index (κ3) is 7.16. The fourth-order valence-corrected chi connectivity index (χ4v) is 2.67. The monoisotopic (exact) mass is 546 g/mol. The Hall–Kier alpha value is -2.76. The lowest BCUT2D eigenvalue weighted by molar-refractivity contribution is -0.0506. The van der Waals surface area contributed by atoms with E-state index in [0.29, 0.717) is 30.6 Å². The maximum absolute atomic E-state index is 14.1. The van der Waals surface area contributed by atoms with Crippen molar-refractivity contribution in [3.05, 3.63) is 71.9 Å². The number of aromatic nitrogens is 1. The van der Waals surface area contributed by atoms with Gasteiger partial charge in [-0.3, -0.25) is 0 Å². The summed E-state index contributed by atoms with van der Waals surface area (Å²) in [5.41, 5.74) is 1.45. The van der Waals surface area contributed by atoms with E-state index < -0.39 is 12.4 Å². The molecule has 2 aromatic carbocycles. The van der Waals surface area contributed by atoms with Crippen LogP contribution in [0.4, 0.5) is 13.2 Å². The highest BCUT2D eigenvalue weighted by molar-refractivity contribution is 14.0. The maximum Gasteiger partial charge on any atom is 0.387 e. The third-order valence-electron chi connectivity index (χ3n) is 4.04. The first-order chi connectivity index (χ1) is 14.6. The molecule has 0 fully saturated rings. The number of nitrogens with zero attached hydrogens (tertiary/aromatic N) is 2. The highest BCUT2D eigenvalue weighted by Crippen LogP contribution is 2.24. The van der Waals surface area contributed by atoms with Crippen molar-refractivity contribution in [2.75, 3.05) is 6.54 Å². The molecule has 0 aliphatic heterocycles. The number of halogens is 4. The van der Waals surface area contributed by atoms with Gasteiger partial charge in [0.05, 0.1) is 24.3 Å². The topological polar surface area (TPSA) is 71.7 Å². The maximum atomic E-state index is 14.1. The van der Waals surface area contributed by atoms with E-state index in [4.69, 9.17) is 4.42 Å². The van der Waals surface area contributed by atoms with Crippen molar-refractivity contribution in [2.24, 2.45) is 4.99 Å². The Kier molecular flexibility index (Phi) is 9.63. The number of nitrogens with one attached hydrogen (secondary N) is 2. The number of ether oxygens (including phenoxy) is 1. The van der Waals surface area contributed by atoms with Crippen molar-refractivity contribution < 1.29 is 22.3 Å². The molecular weight excluding hydrogens is 524 g/mol. The van der Waals surface area contributed by atoms with E-state index in [0.717, 1.165) is 5.56 Å². The lowest BCUT2D eigenvalue weighted by Gasteiger charge is -2.12. The zero-order valence-corrected chi connectivity index (χ0v) is 19.0. The van der Waals surface area contributed by atoms with E-state index in [-0.39, 0.29) is 41.8 Å². The molecule has 0 spiro atoms. The zero-order valence-electron chi connectivity index (χ0n) is 16.6. The molecule has 1 aromatic heterocycles. The molecule has 6 nitrogen and oxygen atoms in total. The summed E-state index contributed by atoms with van der Waals surface area (Å²) in [4.78, 5) is 8.68. The number of rotatable bonds is 8. The number of aliphatic imine (C=N–C) groups is 1. The smallest absolute Gasteiger partial charge is 0.387 e. The largest absolute Gasteiger partial charge is 0.444 e. The molecule has 0 saturated heterocycles. The van der Waals surface area contributed by atoms with Crippen LogP contribution in [0.3, 0.4) is 0 Å². The standard InChI is InChI=1S/C21H21F3N4O2.HI/c1-2-25-21(27-12-16-17(22)9-6-10-18(16)30-20(23)24)26-11-15-13-29-19(28-15)14-7-4-3-5-8-14;/h3-10,13,20H,2,11-12H2,1H3,(H2,25,26,27);1H. The van der Waals surface area contributed by atoms with Gasteiger partial charge in [-0.1, -0.05) is 24.3 Å². The molecule has 0 bridgehead atoms. The molecule has 3 aromatic rings. The molecule has 3 rings (SSSR count). The minimum absolute atomic E-state index is 0. The van der Waals surface area contributed by atoms with Crippen LogP contribution in [0.1, 0.15) is 18.2 Å². The molecule has 10 heteroatoms. The Morgan fingerprint density at radius 3 is 2.61 bits per heavy atom. The van der Waals surface area contributed by atoms with E-state index in [1.165, 1.54) is 24.5 Å². The van der Waals surface area contributed by atoms with Crippen LogP contribution in [0.5, 0.6) is 5.75 Å². The molecule has 0 aliphatic carbocycles. The summed E-state index contributed by atoms with van der Waals surface area (Å²) in [6.45, 7) is -0.503. The van der Waals surface area contributed by atoms with E-state index in [9.17, 15) is 13.2 Å². The van der Waals surface area contributed by atoms with Gasteiger partial charge in [-0.2, -0.15) is 8.78 Å². The van der Waals surface area contributed by atoms with Gasteiger partial charge in [0.15, 0.2) is 5.96 Å². The van der Waals surface area contributed by atoms with Gasteiger partial charge in [-0.05, 0) is 31.2 Å². The highest BCUT2D eigenvalue weighted by Gasteiger charge is 2.14. The minimum atomic E-state index is -3.05. The minimum Gasteiger partial charge on any atom is -0.444 e. The first-order valence-electron chi connectivity index (χ1n) is 9.31. The van der Waals surface area contributed by atoms with Gasteiger partial charge >= 0.3 is 6.61 Å². The average molecular weight is 546 g/mol. The number of hydrogen-bond acceptors (Lipinski definition) is 4. The van der Waals surface area contributed by atoms with Gasteiger partial charge in [0, 0.05) is 12.1 Å². The second-order valence-electron chi connectivity index (χ2n) is 6.15. The van der Waals surface area contributed by atoms with Crippen LogP contribution >= 0.6 is 24.0 Å². The number of oxazole rings is 1.